The molecule has 3 aromatic rings. The highest BCUT2D eigenvalue weighted by Crippen LogP contribution is 2.18. The Morgan fingerprint density at radius 3 is 2.44 bits per heavy atom. The van der Waals surface area contributed by atoms with Crippen LogP contribution in [0.5, 0.6) is 5.75 Å². The fourth-order valence-corrected chi connectivity index (χ4v) is 2.72. The molecule has 0 unspecified atom stereocenters. The van der Waals surface area contributed by atoms with Gasteiger partial charge in [0.15, 0.2) is 0 Å². The summed E-state index contributed by atoms with van der Waals surface area (Å²) in [5, 5.41) is 2.11. The number of amides is 2. The highest BCUT2D eigenvalue weighted by Gasteiger charge is 2.07. The van der Waals surface area contributed by atoms with Crippen LogP contribution in [0.4, 0.5) is 0 Å². The summed E-state index contributed by atoms with van der Waals surface area (Å²) in [6.07, 6.45) is 3.20. The van der Waals surface area contributed by atoms with E-state index >= 15 is 0 Å². The van der Waals surface area contributed by atoms with Gasteiger partial charge in [0.1, 0.15) is 5.75 Å². The maximum atomic E-state index is 12.1. The normalized spacial score (nSPS) is 10.7. The summed E-state index contributed by atoms with van der Waals surface area (Å²) in [7, 11) is 1.60. The molecule has 0 aliphatic heterocycles. The zero-order chi connectivity index (χ0) is 19.1. The number of methoxy groups -OCH3 is 1. The molecule has 2 amide bonds. The lowest BCUT2D eigenvalue weighted by Crippen LogP contribution is -2.41. The molecule has 5 nitrogen and oxygen atoms in total. The summed E-state index contributed by atoms with van der Waals surface area (Å²) in [5.41, 5.74) is 6.60. The third-order valence-corrected chi connectivity index (χ3v) is 4.10. The Balaban J connectivity index is 1.53. The van der Waals surface area contributed by atoms with Crippen LogP contribution in [0.1, 0.15) is 11.1 Å². The van der Waals surface area contributed by atoms with Crippen LogP contribution in [0.2, 0.25) is 0 Å². The van der Waals surface area contributed by atoms with Gasteiger partial charge in [0.25, 0.3) is 5.91 Å². The highest BCUT2D eigenvalue weighted by atomic mass is 16.5. The van der Waals surface area contributed by atoms with Crippen molar-refractivity contribution in [3.8, 4) is 5.75 Å². The van der Waals surface area contributed by atoms with E-state index in [1.807, 2.05) is 66.7 Å². The van der Waals surface area contributed by atoms with Gasteiger partial charge in [-0.1, -0.05) is 54.6 Å². The Hall–Kier alpha value is -3.60. The van der Waals surface area contributed by atoms with Gasteiger partial charge in [0.2, 0.25) is 5.91 Å². The maximum Gasteiger partial charge on any atom is 0.262 e. The Morgan fingerprint density at radius 1 is 0.926 bits per heavy atom. The van der Waals surface area contributed by atoms with Crippen molar-refractivity contribution in [3.63, 3.8) is 0 Å². The van der Waals surface area contributed by atoms with Crippen molar-refractivity contribution in [2.45, 2.75) is 6.42 Å². The van der Waals surface area contributed by atoms with E-state index in [1.165, 1.54) is 6.08 Å². The van der Waals surface area contributed by atoms with Crippen molar-refractivity contribution >= 4 is 28.7 Å². The molecular weight excluding hydrogens is 340 g/mol. The third kappa shape index (κ3) is 4.95. The van der Waals surface area contributed by atoms with Crippen molar-refractivity contribution in [1.29, 1.82) is 0 Å². The van der Waals surface area contributed by atoms with Crippen LogP contribution in [-0.2, 0) is 16.0 Å². The number of hydrogen-bond donors (Lipinski definition) is 2. The van der Waals surface area contributed by atoms with Crippen molar-refractivity contribution in [2.75, 3.05) is 7.11 Å². The molecule has 0 heterocycles. The summed E-state index contributed by atoms with van der Waals surface area (Å²) < 4.78 is 5.08. The van der Waals surface area contributed by atoms with E-state index in [-0.39, 0.29) is 12.3 Å². The predicted molar refractivity (Wildman–Crippen MR) is 106 cm³/mol. The molecule has 3 aromatic carbocycles. The first-order chi connectivity index (χ1) is 13.2. The van der Waals surface area contributed by atoms with Crippen molar-refractivity contribution in [1.82, 2.24) is 10.9 Å². The minimum absolute atomic E-state index is 0.184. The number of carbonyl (C=O) groups excluding carboxylic acids is 2. The number of hydrogen-bond acceptors (Lipinski definition) is 3. The van der Waals surface area contributed by atoms with Gasteiger partial charge in [-0.25, -0.2) is 0 Å². The van der Waals surface area contributed by atoms with E-state index in [1.54, 1.807) is 13.2 Å². The largest absolute Gasteiger partial charge is 0.497 e. The van der Waals surface area contributed by atoms with Crippen molar-refractivity contribution in [2.24, 2.45) is 0 Å². The van der Waals surface area contributed by atoms with E-state index < -0.39 is 5.91 Å². The first kappa shape index (κ1) is 18.2. The lowest BCUT2D eigenvalue weighted by atomic mass is 10.0. The molecule has 5 heteroatoms. The molecule has 0 atom stereocenters. The Bertz CT molecular complexity index is 973. The predicted octanol–water partition coefficient (Wildman–Crippen LogP) is 3.25. The summed E-state index contributed by atoms with van der Waals surface area (Å²) in [6.45, 7) is 0. The molecule has 0 spiro atoms. The monoisotopic (exact) mass is 360 g/mol. The van der Waals surface area contributed by atoms with Crippen LogP contribution in [0.25, 0.3) is 16.8 Å². The number of rotatable bonds is 5. The Labute approximate surface area is 157 Å². The quantitative estimate of drug-likeness (QED) is 0.542. The minimum Gasteiger partial charge on any atom is -0.497 e. The zero-order valence-electron chi connectivity index (χ0n) is 14.9. The van der Waals surface area contributed by atoms with Gasteiger partial charge in [-0.3, -0.25) is 20.4 Å². The molecule has 136 valence electrons. The van der Waals surface area contributed by atoms with Gasteiger partial charge in [-0.05, 0) is 40.1 Å². The van der Waals surface area contributed by atoms with E-state index in [2.05, 4.69) is 10.9 Å². The molecule has 0 radical (unpaired) electrons. The third-order valence-electron chi connectivity index (χ3n) is 4.10. The molecule has 0 bridgehead atoms. The molecule has 0 aromatic heterocycles. The van der Waals surface area contributed by atoms with Crippen molar-refractivity contribution < 1.29 is 14.3 Å². The second-order valence-corrected chi connectivity index (χ2v) is 5.96. The van der Waals surface area contributed by atoms with Crippen LogP contribution < -0.4 is 15.6 Å². The maximum absolute atomic E-state index is 12.1. The highest BCUT2D eigenvalue weighted by molar-refractivity contribution is 5.94. The number of ether oxygens (including phenoxy) is 1. The number of carbonyl (C=O) groups is 2. The van der Waals surface area contributed by atoms with Crippen LogP contribution in [0, 0.1) is 0 Å². The number of fused-ring (bicyclic) bond motifs is 1. The average molecular weight is 360 g/mol. The number of hydrazine groups is 1. The van der Waals surface area contributed by atoms with Crippen molar-refractivity contribution in [3.05, 3.63) is 83.9 Å². The number of benzene rings is 3. The van der Waals surface area contributed by atoms with Crippen LogP contribution in [0.3, 0.4) is 0 Å². The summed E-state index contributed by atoms with van der Waals surface area (Å²) >= 11 is 0. The number of nitrogens with one attached hydrogen (secondary N) is 2. The first-order valence-corrected chi connectivity index (χ1v) is 8.53. The molecule has 3 rings (SSSR count). The smallest absolute Gasteiger partial charge is 0.262 e. The van der Waals surface area contributed by atoms with E-state index in [0.29, 0.717) is 0 Å². The molecule has 0 aliphatic rings. The van der Waals surface area contributed by atoms with E-state index in [0.717, 1.165) is 27.6 Å². The minimum atomic E-state index is -0.405. The first-order valence-electron chi connectivity index (χ1n) is 8.53. The Morgan fingerprint density at radius 2 is 1.67 bits per heavy atom. The standard InChI is InChI=1S/C22H20N2O3/c1-27-19-12-9-16(10-13-19)11-14-21(25)23-24-22(26)15-18-7-4-6-17-5-2-3-8-20(17)18/h2-14H,15H2,1H3,(H,23,25)(H,24,26). The summed E-state index contributed by atoms with van der Waals surface area (Å²) in [6, 6.07) is 21.0. The molecule has 0 fully saturated rings. The van der Waals surface area contributed by atoms with Gasteiger partial charge >= 0.3 is 0 Å². The van der Waals surface area contributed by atoms with E-state index in [9.17, 15) is 9.59 Å². The Kier molecular flexibility index (Phi) is 5.84. The second-order valence-electron chi connectivity index (χ2n) is 5.96. The van der Waals surface area contributed by atoms with Gasteiger partial charge < -0.3 is 4.74 Å². The fourth-order valence-electron chi connectivity index (χ4n) is 2.72. The van der Waals surface area contributed by atoms with Crippen LogP contribution >= 0.6 is 0 Å². The van der Waals surface area contributed by atoms with Gasteiger partial charge in [0, 0.05) is 6.08 Å². The lowest BCUT2D eigenvalue weighted by Gasteiger charge is -2.08. The van der Waals surface area contributed by atoms with Gasteiger partial charge in [-0.2, -0.15) is 0 Å². The van der Waals surface area contributed by atoms with Gasteiger partial charge in [-0.15, -0.1) is 0 Å². The SMILES string of the molecule is COc1ccc(C=CC(=O)NNC(=O)Cc2cccc3ccccc23)cc1. The zero-order valence-corrected chi connectivity index (χ0v) is 14.9. The molecule has 0 aliphatic carbocycles. The van der Waals surface area contributed by atoms with E-state index in [4.69, 9.17) is 4.74 Å². The summed E-state index contributed by atoms with van der Waals surface area (Å²) in [4.78, 5) is 24.0. The topological polar surface area (TPSA) is 67.4 Å². The van der Waals surface area contributed by atoms with Crippen LogP contribution in [0.15, 0.2) is 72.8 Å². The van der Waals surface area contributed by atoms with Gasteiger partial charge in [0.05, 0.1) is 13.5 Å². The summed E-state index contributed by atoms with van der Waals surface area (Å²) in [5.74, 6) is 0.0620. The molecule has 0 saturated heterocycles. The molecule has 27 heavy (non-hydrogen) atoms. The average Bonchev–Trinajstić information content (AvgIpc) is 2.71. The lowest BCUT2D eigenvalue weighted by molar-refractivity contribution is -0.126. The fraction of sp³-hybridized carbons (Fsp3) is 0.0909. The second kappa shape index (κ2) is 8.67. The molecular formula is C22H20N2O3. The molecule has 0 saturated carbocycles. The van der Waals surface area contributed by atoms with Crippen LogP contribution in [-0.4, -0.2) is 18.9 Å². The molecule has 2 N–H and O–H groups in total.